The van der Waals surface area contributed by atoms with Crippen molar-refractivity contribution >= 4 is 17.5 Å². The molecule has 2 amide bonds. The van der Waals surface area contributed by atoms with Gasteiger partial charge in [-0.05, 0) is 30.2 Å². The molecular weight excluding hydrogens is 244 g/mol. The van der Waals surface area contributed by atoms with Gasteiger partial charge in [0.1, 0.15) is 18.3 Å². The second kappa shape index (κ2) is 5.30. The number of anilines is 1. The van der Waals surface area contributed by atoms with Crippen LogP contribution in [-0.4, -0.2) is 31.5 Å². The van der Waals surface area contributed by atoms with E-state index in [1.54, 1.807) is 31.4 Å². The van der Waals surface area contributed by atoms with Gasteiger partial charge in [0, 0.05) is 5.69 Å². The highest BCUT2D eigenvalue weighted by molar-refractivity contribution is 6.06. The topological polar surface area (TPSA) is 58.6 Å². The van der Waals surface area contributed by atoms with Crippen molar-refractivity contribution in [2.24, 2.45) is 5.92 Å². The molecule has 1 saturated heterocycles. The summed E-state index contributed by atoms with van der Waals surface area (Å²) >= 11 is 0. The third kappa shape index (κ3) is 2.70. The van der Waals surface area contributed by atoms with Crippen molar-refractivity contribution in [2.45, 2.75) is 19.9 Å². The van der Waals surface area contributed by atoms with E-state index in [-0.39, 0.29) is 24.3 Å². The molecule has 102 valence electrons. The van der Waals surface area contributed by atoms with Crippen molar-refractivity contribution < 1.29 is 14.3 Å². The fraction of sp³-hybridized carbons (Fsp3) is 0.429. The lowest BCUT2D eigenvalue weighted by Crippen LogP contribution is -2.60. The third-order valence-corrected chi connectivity index (χ3v) is 3.20. The van der Waals surface area contributed by atoms with E-state index in [0.717, 1.165) is 5.75 Å². The molecule has 0 saturated carbocycles. The zero-order valence-electron chi connectivity index (χ0n) is 11.3. The second-order valence-electron chi connectivity index (χ2n) is 4.91. The van der Waals surface area contributed by atoms with Crippen LogP contribution in [0, 0.1) is 5.92 Å². The summed E-state index contributed by atoms with van der Waals surface area (Å²) in [6.07, 6.45) is 0. The van der Waals surface area contributed by atoms with E-state index >= 15 is 0 Å². The van der Waals surface area contributed by atoms with Gasteiger partial charge in [0.15, 0.2) is 0 Å². The molecule has 1 unspecified atom stereocenters. The zero-order chi connectivity index (χ0) is 14.0. The SMILES string of the molecule is COc1ccc(N2CC(=O)NC(C(C)C)C2=O)cc1. The fourth-order valence-corrected chi connectivity index (χ4v) is 2.10. The van der Waals surface area contributed by atoms with Crippen molar-refractivity contribution in [1.82, 2.24) is 5.32 Å². The molecule has 5 nitrogen and oxygen atoms in total. The van der Waals surface area contributed by atoms with E-state index in [2.05, 4.69) is 5.32 Å². The summed E-state index contributed by atoms with van der Waals surface area (Å²) in [5.74, 6) is 0.587. The lowest BCUT2D eigenvalue weighted by Gasteiger charge is -2.34. The lowest BCUT2D eigenvalue weighted by molar-refractivity contribution is -0.132. The summed E-state index contributed by atoms with van der Waals surface area (Å²) in [5.41, 5.74) is 0.714. The van der Waals surface area contributed by atoms with Gasteiger partial charge in [0.05, 0.1) is 7.11 Å². The van der Waals surface area contributed by atoms with Crippen LogP contribution in [0.25, 0.3) is 0 Å². The highest BCUT2D eigenvalue weighted by Crippen LogP contribution is 2.22. The normalized spacial score (nSPS) is 19.6. The maximum Gasteiger partial charge on any atom is 0.250 e. The highest BCUT2D eigenvalue weighted by atomic mass is 16.5. The molecule has 1 aliphatic rings. The van der Waals surface area contributed by atoms with Crippen LogP contribution >= 0.6 is 0 Å². The first kappa shape index (κ1) is 13.4. The largest absolute Gasteiger partial charge is 0.497 e. The molecule has 1 aromatic rings. The van der Waals surface area contributed by atoms with Gasteiger partial charge >= 0.3 is 0 Å². The maximum absolute atomic E-state index is 12.3. The number of hydrogen-bond acceptors (Lipinski definition) is 3. The Labute approximate surface area is 112 Å². The monoisotopic (exact) mass is 262 g/mol. The van der Waals surface area contributed by atoms with Crippen LogP contribution in [0.1, 0.15) is 13.8 Å². The van der Waals surface area contributed by atoms with Crippen LogP contribution < -0.4 is 15.0 Å². The first-order chi connectivity index (χ1) is 9.02. The Balaban J connectivity index is 2.26. The third-order valence-electron chi connectivity index (χ3n) is 3.20. The molecule has 1 atom stereocenters. The van der Waals surface area contributed by atoms with Crippen LogP contribution in [0.3, 0.4) is 0 Å². The number of nitrogens with one attached hydrogen (secondary N) is 1. The average molecular weight is 262 g/mol. The van der Waals surface area contributed by atoms with E-state index in [9.17, 15) is 9.59 Å². The number of benzene rings is 1. The van der Waals surface area contributed by atoms with Gasteiger partial charge < -0.3 is 15.0 Å². The number of methoxy groups -OCH3 is 1. The van der Waals surface area contributed by atoms with Gasteiger partial charge in [-0.15, -0.1) is 0 Å². The van der Waals surface area contributed by atoms with E-state index in [4.69, 9.17) is 4.74 Å². The number of rotatable bonds is 3. The summed E-state index contributed by atoms with van der Waals surface area (Å²) in [4.78, 5) is 25.6. The minimum Gasteiger partial charge on any atom is -0.497 e. The Morgan fingerprint density at radius 3 is 2.42 bits per heavy atom. The Morgan fingerprint density at radius 2 is 1.89 bits per heavy atom. The summed E-state index contributed by atoms with van der Waals surface area (Å²) in [6, 6.07) is 6.67. The summed E-state index contributed by atoms with van der Waals surface area (Å²) in [6.45, 7) is 3.90. The summed E-state index contributed by atoms with van der Waals surface area (Å²) < 4.78 is 5.08. The number of piperazine rings is 1. The smallest absolute Gasteiger partial charge is 0.250 e. The predicted octanol–water partition coefficient (Wildman–Crippen LogP) is 1.18. The molecule has 1 heterocycles. The molecular formula is C14H18N2O3. The average Bonchev–Trinajstić information content (AvgIpc) is 2.41. The number of amides is 2. The predicted molar refractivity (Wildman–Crippen MR) is 72.1 cm³/mol. The lowest BCUT2D eigenvalue weighted by atomic mass is 10.0. The summed E-state index contributed by atoms with van der Waals surface area (Å²) in [5, 5.41) is 2.73. The Morgan fingerprint density at radius 1 is 1.26 bits per heavy atom. The highest BCUT2D eigenvalue weighted by Gasteiger charge is 2.35. The van der Waals surface area contributed by atoms with Crippen LogP contribution in [0.15, 0.2) is 24.3 Å². The molecule has 1 N–H and O–H groups in total. The van der Waals surface area contributed by atoms with Crippen LogP contribution in [0.2, 0.25) is 0 Å². The van der Waals surface area contributed by atoms with Gasteiger partial charge in [-0.3, -0.25) is 9.59 Å². The Kier molecular flexibility index (Phi) is 3.74. The molecule has 1 aromatic carbocycles. The van der Waals surface area contributed by atoms with Gasteiger partial charge in [-0.1, -0.05) is 13.8 Å². The van der Waals surface area contributed by atoms with E-state index in [0.29, 0.717) is 5.69 Å². The van der Waals surface area contributed by atoms with Gasteiger partial charge in [-0.2, -0.15) is 0 Å². The second-order valence-corrected chi connectivity index (χ2v) is 4.91. The molecule has 0 bridgehead atoms. The maximum atomic E-state index is 12.3. The molecule has 5 heteroatoms. The van der Waals surface area contributed by atoms with E-state index < -0.39 is 6.04 Å². The molecule has 1 fully saturated rings. The van der Waals surface area contributed by atoms with Gasteiger partial charge in [0.25, 0.3) is 0 Å². The van der Waals surface area contributed by atoms with Gasteiger partial charge in [-0.25, -0.2) is 0 Å². The zero-order valence-corrected chi connectivity index (χ0v) is 11.3. The molecule has 0 spiro atoms. The first-order valence-electron chi connectivity index (χ1n) is 6.27. The van der Waals surface area contributed by atoms with Crippen LogP contribution in [0.5, 0.6) is 5.75 Å². The molecule has 2 rings (SSSR count). The van der Waals surface area contributed by atoms with Crippen molar-refractivity contribution in [1.29, 1.82) is 0 Å². The standard InChI is InChI=1S/C14H18N2O3/c1-9(2)13-14(18)16(8-12(17)15-13)10-4-6-11(19-3)7-5-10/h4-7,9,13H,8H2,1-3H3,(H,15,17). The van der Waals surface area contributed by atoms with Crippen molar-refractivity contribution in [3.05, 3.63) is 24.3 Å². The first-order valence-corrected chi connectivity index (χ1v) is 6.27. The minimum absolute atomic E-state index is 0.0639. The minimum atomic E-state index is -0.455. The number of carbonyl (C=O) groups excluding carboxylic acids is 2. The molecule has 0 aromatic heterocycles. The Bertz CT molecular complexity index is 482. The summed E-state index contributed by atoms with van der Waals surface area (Å²) in [7, 11) is 1.59. The van der Waals surface area contributed by atoms with Crippen molar-refractivity contribution in [2.75, 3.05) is 18.6 Å². The number of ether oxygens (including phenoxy) is 1. The molecule has 19 heavy (non-hydrogen) atoms. The fourth-order valence-electron chi connectivity index (χ4n) is 2.10. The van der Waals surface area contributed by atoms with Gasteiger partial charge in [0.2, 0.25) is 11.8 Å². The number of hydrogen-bond donors (Lipinski definition) is 1. The van der Waals surface area contributed by atoms with Crippen molar-refractivity contribution in [3.8, 4) is 5.75 Å². The van der Waals surface area contributed by atoms with Crippen LogP contribution in [-0.2, 0) is 9.59 Å². The Hall–Kier alpha value is -2.04. The van der Waals surface area contributed by atoms with E-state index in [1.165, 1.54) is 4.90 Å². The van der Waals surface area contributed by atoms with E-state index in [1.807, 2.05) is 13.8 Å². The quantitative estimate of drug-likeness (QED) is 0.890. The molecule has 0 aliphatic carbocycles. The molecule has 1 aliphatic heterocycles. The number of nitrogens with zero attached hydrogens (tertiary/aromatic N) is 1. The van der Waals surface area contributed by atoms with Crippen LogP contribution in [0.4, 0.5) is 5.69 Å². The number of carbonyl (C=O) groups is 2. The molecule has 0 radical (unpaired) electrons. The van der Waals surface area contributed by atoms with Crippen molar-refractivity contribution in [3.63, 3.8) is 0 Å².